The van der Waals surface area contributed by atoms with Crippen molar-refractivity contribution < 1.29 is 72.1 Å². The fourth-order valence-corrected chi connectivity index (χ4v) is 0.820. The highest BCUT2D eigenvalue weighted by Gasteiger charge is 2.29. The summed E-state index contributed by atoms with van der Waals surface area (Å²) in [5.41, 5.74) is -2.97. The summed E-state index contributed by atoms with van der Waals surface area (Å²) in [6.45, 7) is 0. The molecular weight excluding hydrogens is 490 g/mol. The van der Waals surface area contributed by atoms with Gasteiger partial charge in [-0.25, -0.2) is 0 Å². The van der Waals surface area contributed by atoms with Gasteiger partial charge in [-0.3, -0.25) is 8.42 Å². The van der Waals surface area contributed by atoms with Gasteiger partial charge in [0.2, 0.25) is 0 Å². The van der Waals surface area contributed by atoms with Crippen LogP contribution in [0.4, 0.5) is 0 Å². The maximum absolute atomic E-state index is 10.1. The molecular formula is C10H35N7O15S. The van der Waals surface area contributed by atoms with Crippen LogP contribution in [0.25, 0.3) is 0 Å². The maximum atomic E-state index is 10.1. The molecule has 0 atom stereocenters. The molecule has 0 unspecified atom stereocenters. The van der Waals surface area contributed by atoms with Crippen LogP contribution >= 0.6 is 0 Å². The Bertz CT molecular complexity index is 643. The van der Waals surface area contributed by atoms with Crippen molar-refractivity contribution in [1.29, 1.82) is 0 Å². The van der Waals surface area contributed by atoms with Gasteiger partial charge in [-0.2, -0.15) is 0 Å². The van der Waals surface area contributed by atoms with E-state index in [2.05, 4.69) is 0 Å². The fourth-order valence-electron chi connectivity index (χ4n) is 0.820. The molecule has 0 aromatic rings. The third kappa shape index (κ3) is 65.3. The molecule has 0 saturated heterocycles. The molecule has 0 aliphatic rings. The van der Waals surface area contributed by atoms with Crippen molar-refractivity contribution in [2.75, 3.05) is 0 Å². The van der Waals surface area contributed by atoms with Crippen LogP contribution < -0.4 is 68.6 Å². The standard InChI is InChI=1S/C6H8O7.C4H4O4.7H3N.H2O4S/c7-3(8)1-6(13,5(11)12)2-4(9)10;5-3(6)1-2-4(7)8;;;;;;;;1-5(2,3)4/h13H,1-2H2,(H,7,8)(H,9,10)(H,11,12);1-2H,(H,5,6)(H,7,8);7*1H3;(H2,1,2,3,4)/b;2-1-;;;;;;;;. The van der Waals surface area contributed by atoms with Gasteiger partial charge in [0.25, 0.3) is 0 Å². The number of rotatable bonds is 7. The molecule has 0 aliphatic heterocycles. The van der Waals surface area contributed by atoms with E-state index >= 15 is 0 Å². The second kappa shape index (κ2) is 28.6. The summed E-state index contributed by atoms with van der Waals surface area (Å²) < 4.78 is 34.1. The SMILES string of the molecule is O=C([O-])/C=C\C(=O)[O-].O=C([O-])CC(O)(CC(=O)[O-])C(=O)[O-].O=S(=O)([O-])[O-].[NH4+].[NH4+].[NH4+].[NH4+].[NH4+].[NH4+].[NH4+]. The number of aliphatic carboxylic acids is 5. The molecule has 0 fully saturated rings. The second-order valence-electron chi connectivity index (χ2n) is 3.80. The van der Waals surface area contributed by atoms with E-state index < -0.39 is 58.7 Å². The number of hydrogen-bond acceptors (Lipinski definition) is 15. The van der Waals surface area contributed by atoms with Crippen LogP contribution in [-0.4, -0.2) is 58.1 Å². The van der Waals surface area contributed by atoms with E-state index in [1.54, 1.807) is 0 Å². The first kappa shape index (κ1) is 63.0. The van der Waals surface area contributed by atoms with Crippen molar-refractivity contribution in [2.45, 2.75) is 18.4 Å². The number of carboxylic acids is 5. The zero-order valence-electron chi connectivity index (χ0n) is 19.1. The van der Waals surface area contributed by atoms with E-state index in [4.69, 9.17) is 22.6 Å². The summed E-state index contributed by atoms with van der Waals surface area (Å²) in [5.74, 6) is -9.08. The quantitative estimate of drug-likeness (QED) is 0.0868. The lowest BCUT2D eigenvalue weighted by Gasteiger charge is -2.29. The summed E-state index contributed by atoms with van der Waals surface area (Å²) in [5, 5.41) is 57.8. The molecule has 29 N–H and O–H groups in total. The molecule has 0 aromatic heterocycles. The Balaban J connectivity index is -0.0000000294. The van der Waals surface area contributed by atoms with Crippen molar-refractivity contribution in [2.24, 2.45) is 0 Å². The second-order valence-corrected chi connectivity index (χ2v) is 4.61. The number of hydrogen-bond donors (Lipinski definition) is 8. The molecule has 0 heterocycles. The summed E-state index contributed by atoms with van der Waals surface area (Å²) >= 11 is 0. The largest absolute Gasteiger partial charge is 0.759 e. The number of carbonyl (C=O) groups excluding carboxylic acids is 5. The topological polar surface area (TPSA) is 557 Å². The van der Waals surface area contributed by atoms with Crippen molar-refractivity contribution in [3.63, 3.8) is 0 Å². The minimum atomic E-state index is -5.17. The molecule has 0 radical (unpaired) electrons. The van der Waals surface area contributed by atoms with Gasteiger partial charge in [0.1, 0.15) is 5.60 Å². The smallest absolute Gasteiger partial charge is 0.114 e. The van der Waals surface area contributed by atoms with Crippen LogP contribution in [0.1, 0.15) is 12.8 Å². The highest BCUT2D eigenvalue weighted by Crippen LogP contribution is 2.13. The number of carbonyl (C=O) groups is 5. The van der Waals surface area contributed by atoms with Crippen LogP contribution in [0.15, 0.2) is 12.2 Å². The highest BCUT2D eigenvalue weighted by molar-refractivity contribution is 7.79. The first-order chi connectivity index (χ1) is 11.4. The van der Waals surface area contributed by atoms with Gasteiger partial charge in [0.15, 0.2) is 0 Å². The summed E-state index contributed by atoms with van der Waals surface area (Å²) in [6, 6.07) is 0. The Morgan fingerprint density at radius 1 is 0.636 bits per heavy atom. The summed E-state index contributed by atoms with van der Waals surface area (Å²) in [4.78, 5) is 48.8. The van der Waals surface area contributed by atoms with E-state index in [0.717, 1.165) is 0 Å². The first-order valence-corrected chi connectivity index (χ1v) is 6.84. The molecule has 0 saturated carbocycles. The number of quaternary nitrogens is 7. The average Bonchev–Trinajstić information content (AvgIpc) is 2.32. The first-order valence-electron chi connectivity index (χ1n) is 5.51. The molecule has 33 heavy (non-hydrogen) atoms. The van der Waals surface area contributed by atoms with Gasteiger partial charge < -0.3 is 107 Å². The van der Waals surface area contributed by atoms with Crippen LogP contribution in [-0.2, 0) is 34.4 Å². The minimum Gasteiger partial charge on any atom is -0.759 e. The van der Waals surface area contributed by atoms with Gasteiger partial charge in [-0.15, -0.1) is 0 Å². The van der Waals surface area contributed by atoms with E-state index in [1.165, 1.54) is 0 Å². The van der Waals surface area contributed by atoms with E-state index in [0.29, 0.717) is 12.2 Å². The van der Waals surface area contributed by atoms with E-state index in [-0.39, 0.29) is 43.1 Å². The molecule has 0 amide bonds. The Hall–Kier alpha value is -3.36. The van der Waals surface area contributed by atoms with Crippen molar-refractivity contribution >= 4 is 40.2 Å². The van der Waals surface area contributed by atoms with E-state index in [1.807, 2.05) is 0 Å². The third-order valence-corrected chi connectivity index (χ3v) is 1.61. The monoisotopic (exact) mass is 525 g/mol. The lowest BCUT2D eigenvalue weighted by Crippen LogP contribution is -2.54. The van der Waals surface area contributed by atoms with Crippen LogP contribution in [0.2, 0.25) is 0 Å². The summed E-state index contributed by atoms with van der Waals surface area (Å²) in [7, 11) is -5.17. The van der Waals surface area contributed by atoms with Gasteiger partial charge >= 0.3 is 0 Å². The molecule has 0 spiro atoms. The molecule has 0 rings (SSSR count). The van der Waals surface area contributed by atoms with Gasteiger partial charge in [0.05, 0.1) is 17.9 Å². The van der Waals surface area contributed by atoms with Crippen LogP contribution in [0.3, 0.4) is 0 Å². The lowest BCUT2D eigenvalue weighted by molar-refractivity contribution is -0.339. The third-order valence-electron chi connectivity index (χ3n) is 1.61. The Morgan fingerprint density at radius 2 is 0.818 bits per heavy atom. The molecule has 22 nitrogen and oxygen atoms in total. The lowest BCUT2D eigenvalue weighted by atomic mass is 9.96. The van der Waals surface area contributed by atoms with Crippen molar-refractivity contribution in [1.82, 2.24) is 43.1 Å². The summed E-state index contributed by atoms with van der Waals surface area (Å²) in [6.07, 6.45) is -1.95. The Labute approximate surface area is 187 Å². The van der Waals surface area contributed by atoms with Crippen molar-refractivity contribution in [3.8, 4) is 0 Å². The average molecular weight is 525 g/mol. The number of aliphatic hydroxyl groups is 1. The molecule has 0 aromatic carbocycles. The molecule has 23 heteroatoms. The van der Waals surface area contributed by atoms with Gasteiger partial charge in [-0.1, -0.05) is 0 Å². The van der Waals surface area contributed by atoms with Crippen LogP contribution in [0.5, 0.6) is 0 Å². The maximum Gasteiger partial charge on any atom is 0.114 e. The zero-order chi connectivity index (χ0) is 21.7. The molecule has 206 valence electrons. The molecule has 0 bridgehead atoms. The van der Waals surface area contributed by atoms with Gasteiger partial charge in [0, 0.05) is 35.2 Å². The normalized spacial score (nSPS) is 8.33. The highest BCUT2D eigenvalue weighted by atomic mass is 32.3. The van der Waals surface area contributed by atoms with Crippen molar-refractivity contribution in [3.05, 3.63) is 12.2 Å². The Kier molecular flexibility index (Phi) is 54.7. The van der Waals surface area contributed by atoms with Crippen LogP contribution in [0, 0.1) is 0 Å². The van der Waals surface area contributed by atoms with Gasteiger partial charge in [-0.05, 0) is 12.2 Å². The molecule has 0 aliphatic carbocycles. The predicted octanol–water partition coefficient (Wildman–Crippen LogP) is -6.91. The number of carboxylic acid groups (broad SMARTS) is 5. The minimum absolute atomic E-state index is 0. The Morgan fingerprint density at radius 3 is 0.909 bits per heavy atom. The predicted molar refractivity (Wildman–Crippen MR) is 101 cm³/mol. The fraction of sp³-hybridized carbons (Fsp3) is 0.300. The van der Waals surface area contributed by atoms with E-state index in [9.17, 15) is 49.5 Å². The zero-order valence-corrected chi connectivity index (χ0v) is 20.0.